The van der Waals surface area contributed by atoms with Crippen LogP contribution in [0, 0.1) is 5.82 Å². The van der Waals surface area contributed by atoms with E-state index >= 15 is 0 Å². The van der Waals surface area contributed by atoms with Crippen LogP contribution < -0.4 is 4.18 Å². The summed E-state index contributed by atoms with van der Waals surface area (Å²) in [5, 5.41) is 0.870. The molecule has 0 radical (unpaired) electrons. The average molecular weight is 495 g/mol. The maximum Gasteiger partial charge on any atom is 0.534 e. The molecule has 1 N–H and O–H groups in total. The van der Waals surface area contributed by atoms with E-state index < -0.39 is 15.6 Å². The third kappa shape index (κ3) is 4.32. The summed E-state index contributed by atoms with van der Waals surface area (Å²) in [6.45, 7) is 2.37. The van der Waals surface area contributed by atoms with Crippen LogP contribution in [0.2, 0.25) is 0 Å². The lowest BCUT2D eigenvalue weighted by atomic mass is 9.96. The van der Waals surface area contributed by atoms with Crippen LogP contribution >= 0.6 is 0 Å². The minimum atomic E-state index is -5.68. The van der Waals surface area contributed by atoms with E-state index in [0.717, 1.165) is 60.1 Å². The van der Waals surface area contributed by atoms with E-state index in [1.807, 2.05) is 6.20 Å². The third-order valence-corrected chi connectivity index (χ3v) is 7.55. The van der Waals surface area contributed by atoms with E-state index in [2.05, 4.69) is 20.1 Å². The van der Waals surface area contributed by atoms with Gasteiger partial charge < -0.3 is 9.17 Å². The van der Waals surface area contributed by atoms with Gasteiger partial charge in [-0.25, -0.2) is 4.39 Å². The summed E-state index contributed by atoms with van der Waals surface area (Å²) in [7, 11) is -5.68. The van der Waals surface area contributed by atoms with Crippen molar-refractivity contribution in [1.29, 1.82) is 0 Å². The standard InChI is InChI=1S/C24H22F4N2O3S/c25-18-3-6-23-21(12-18)22(13-29-23)15-7-9-30(10-8-15)14-17-2-1-16-11-19(4-5-20(16)17)33-34(31,32)24(26,27)28/h3-7,11-13,17,29H,1-2,8-10,14H2. The van der Waals surface area contributed by atoms with Gasteiger partial charge >= 0.3 is 15.6 Å². The molecule has 10 heteroatoms. The fourth-order valence-electron chi connectivity index (χ4n) is 4.89. The van der Waals surface area contributed by atoms with E-state index in [1.54, 1.807) is 18.2 Å². The number of nitrogens with one attached hydrogen (secondary N) is 1. The molecular weight excluding hydrogens is 472 g/mol. The van der Waals surface area contributed by atoms with Gasteiger partial charge in [0.2, 0.25) is 0 Å². The Morgan fingerprint density at radius 1 is 1.12 bits per heavy atom. The van der Waals surface area contributed by atoms with Gasteiger partial charge in [0.1, 0.15) is 11.6 Å². The number of aryl methyl sites for hydroxylation is 1. The van der Waals surface area contributed by atoms with Gasteiger partial charge in [0.25, 0.3) is 0 Å². The molecule has 0 fully saturated rings. The number of hydrogen-bond donors (Lipinski definition) is 1. The number of halogens is 4. The summed E-state index contributed by atoms with van der Waals surface area (Å²) in [5.74, 6) is -0.381. The molecule has 34 heavy (non-hydrogen) atoms. The van der Waals surface area contributed by atoms with E-state index in [1.165, 1.54) is 23.8 Å². The summed E-state index contributed by atoms with van der Waals surface area (Å²) >= 11 is 0. The molecule has 0 bridgehead atoms. The molecule has 1 aliphatic heterocycles. The highest BCUT2D eigenvalue weighted by Gasteiger charge is 2.48. The summed E-state index contributed by atoms with van der Waals surface area (Å²) < 4.78 is 78.3. The molecule has 0 amide bonds. The Kier molecular flexibility index (Phi) is 5.68. The van der Waals surface area contributed by atoms with Gasteiger partial charge in [-0.15, -0.1) is 0 Å². The maximum absolute atomic E-state index is 13.7. The van der Waals surface area contributed by atoms with E-state index in [0.29, 0.717) is 6.42 Å². The Morgan fingerprint density at radius 3 is 2.68 bits per heavy atom. The minimum Gasteiger partial charge on any atom is -0.376 e. The second-order valence-electron chi connectivity index (χ2n) is 8.71. The zero-order valence-corrected chi connectivity index (χ0v) is 18.8. The van der Waals surface area contributed by atoms with Crippen LogP contribution in [0.4, 0.5) is 17.6 Å². The molecule has 0 spiro atoms. The number of aromatic amines is 1. The zero-order valence-electron chi connectivity index (χ0n) is 18.0. The molecule has 180 valence electrons. The highest BCUT2D eigenvalue weighted by Crippen LogP contribution is 2.38. The van der Waals surface area contributed by atoms with Crippen molar-refractivity contribution < 1.29 is 30.2 Å². The Balaban J connectivity index is 1.26. The first-order valence-electron chi connectivity index (χ1n) is 10.9. The number of H-pyrrole nitrogens is 1. The second kappa shape index (κ2) is 8.42. The predicted octanol–water partition coefficient (Wildman–Crippen LogP) is 5.35. The number of benzene rings is 2. The summed E-state index contributed by atoms with van der Waals surface area (Å²) in [6.07, 6.45) is 6.38. The quantitative estimate of drug-likeness (QED) is 0.295. The van der Waals surface area contributed by atoms with Crippen LogP contribution in [0.15, 0.2) is 48.7 Å². The normalized spacial score (nSPS) is 19.3. The molecule has 1 aliphatic carbocycles. The Morgan fingerprint density at radius 2 is 1.94 bits per heavy atom. The van der Waals surface area contributed by atoms with Crippen molar-refractivity contribution in [2.45, 2.75) is 30.7 Å². The van der Waals surface area contributed by atoms with Crippen molar-refractivity contribution in [3.63, 3.8) is 0 Å². The van der Waals surface area contributed by atoms with Crippen LogP contribution in [0.25, 0.3) is 16.5 Å². The topological polar surface area (TPSA) is 62.4 Å². The highest BCUT2D eigenvalue weighted by atomic mass is 32.2. The van der Waals surface area contributed by atoms with Crippen molar-refractivity contribution in [2.75, 3.05) is 19.6 Å². The molecule has 1 atom stereocenters. The Bertz CT molecular complexity index is 1380. The first-order chi connectivity index (χ1) is 16.1. The monoisotopic (exact) mass is 494 g/mol. The van der Waals surface area contributed by atoms with E-state index in [-0.39, 0.29) is 17.5 Å². The molecule has 5 rings (SSSR count). The van der Waals surface area contributed by atoms with Crippen LogP contribution in [-0.2, 0) is 16.5 Å². The number of rotatable bonds is 5. The second-order valence-corrected chi connectivity index (χ2v) is 10.2. The van der Waals surface area contributed by atoms with Gasteiger partial charge in [-0.2, -0.15) is 21.6 Å². The summed E-state index contributed by atoms with van der Waals surface area (Å²) in [6, 6.07) is 9.05. The van der Waals surface area contributed by atoms with Crippen molar-refractivity contribution in [2.24, 2.45) is 0 Å². The van der Waals surface area contributed by atoms with Crippen LogP contribution in [-0.4, -0.2) is 43.4 Å². The lowest BCUT2D eigenvalue weighted by Crippen LogP contribution is -2.32. The lowest BCUT2D eigenvalue weighted by molar-refractivity contribution is -0.0500. The first-order valence-corrected chi connectivity index (χ1v) is 12.3. The smallest absolute Gasteiger partial charge is 0.376 e. The average Bonchev–Trinajstić information content (AvgIpc) is 3.37. The fourth-order valence-corrected chi connectivity index (χ4v) is 5.34. The van der Waals surface area contributed by atoms with Gasteiger partial charge in [-0.3, -0.25) is 4.90 Å². The summed E-state index contributed by atoms with van der Waals surface area (Å²) in [5.41, 5.74) is -0.550. The van der Waals surface area contributed by atoms with Crippen LogP contribution in [0.5, 0.6) is 5.75 Å². The van der Waals surface area contributed by atoms with Crippen molar-refractivity contribution in [3.05, 3.63) is 71.2 Å². The molecule has 3 aromatic rings. The lowest BCUT2D eigenvalue weighted by Gasteiger charge is -2.29. The van der Waals surface area contributed by atoms with Crippen LogP contribution in [0.3, 0.4) is 0 Å². The number of nitrogens with zero attached hydrogens (tertiary/aromatic N) is 1. The third-order valence-electron chi connectivity index (χ3n) is 6.57. The van der Waals surface area contributed by atoms with Crippen molar-refractivity contribution in [3.8, 4) is 5.75 Å². The van der Waals surface area contributed by atoms with Crippen molar-refractivity contribution in [1.82, 2.24) is 9.88 Å². The number of fused-ring (bicyclic) bond motifs is 2. The minimum absolute atomic E-state index is 0.209. The maximum atomic E-state index is 13.7. The Hall–Kier alpha value is -2.85. The Labute approximate surface area is 194 Å². The fraction of sp³-hybridized carbons (Fsp3) is 0.333. The molecule has 1 aromatic heterocycles. The first kappa shape index (κ1) is 22.9. The molecule has 1 unspecified atom stereocenters. The van der Waals surface area contributed by atoms with E-state index in [9.17, 15) is 26.0 Å². The molecule has 5 nitrogen and oxygen atoms in total. The van der Waals surface area contributed by atoms with Crippen molar-refractivity contribution >= 4 is 26.6 Å². The molecule has 2 aromatic carbocycles. The summed E-state index contributed by atoms with van der Waals surface area (Å²) in [4.78, 5) is 5.51. The number of alkyl halides is 3. The van der Waals surface area contributed by atoms with Gasteiger partial charge in [0.15, 0.2) is 0 Å². The molecular formula is C24H22F4N2O3S. The van der Waals surface area contributed by atoms with E-state index in [4.69, 9.17) is 0 Å². The molecule has 0 saturated carbocycles. The zero-order chi connectivity index (χ0) is 24.1. The molecule has 2 aliphatic rings. The molecule has 2 heterocycles. The highest BCUT2D eigenvalue weighted by molar-refractivity contribution is 7.88. The van der Waals surface area contributed by atoms with Gasteiger partial charge in [0, 0.05) is 42.3 Å². The predicted molar refractivity (Wildman–Crippen MR) is 120 cm³/mol. The van der Waals surface area contributed by atoms with Gasteiger partial charge in [-0.05, 0) is 72.2 Å². The van der Waals surface area contributed by atoms with Gasteiger partial charge in [0.05, 0.1) is 0 Å². The van der Waals surface area contributed by atoms with Gasteiger partial charge in [-0.1, -0.05) is 12.1 Å². The SMILES string of the molecule is O=S(=O)(Oc1ccc2c(c1)CCC2CN1CC=C(c2c[nH]c3ccc(F)cc23)CC1)C(F)(F)F. The largest absolute Gasteiger partial charge is 0.534 e. The number of hydrogen-bond acceptors (Lipinski definition) is 4. The molecule has 0 saturated heterocycles. The number of aromatic nitrogens is 1. The van der Waals surface area contributed by atoms with Crippen LogP contribution in [0.1, 0.15) is 35.4 Å².